The van der Waals surface area contributed by atoms with E-state index in [1.54, 1.807) is 115 Å². The number of nitrogens with zero attached hydrogens (tertiary/aromatic N) is 7. The molecular weight excluding hydrogens is 1150 g/mol. The summed E-state index contributed by atoms with van der Waals surface area (Å²) in [7, 11) is -8.12. The fourth-order valence-corrected chi connectivity index (χ4v) is 20.8. The van der Waals surface area contributed by atoms with Crippen LogP contribution in [0.2, 0.25) is 16.6 Å². The van der Waals surface area contributed by atoms with Crippen molar-refractivity contribution in [1.29, 1.82) is 0 Å². The lowest BCUT2D eigenvalue weighted by Gasteiger charge is -2.36. The van der Waals surface area contributed by atoms with Gasteiger partial charge in [-0.25, -0.2) is 34.7 Å². The van der Waals surface area contributed by atoms with Crippen LogP contribution in [0.1, 0.15) is 97.8 Å². The van der Waals surface area contributed by atoms with E-state index in [1.807, 2.05) is 83.8 Å². The summed E-state index contributed by atoms with van der Waals surface area (Å²) in [5, 5.41) is 13.4. The van der Waals surface area contributed by atoms with Crippen LogP contribution in [0.15, 0.2) is 233 Å². The van der Waals surface area contributed by atoms with Crippen molar-refractivity contribution in [2.45, 2.75) is 123 Å². The first kappa shape index (κ1) is 62.3. The summed E-state index contributed by atoms with van der Waals surface area (Å²) in [6.07, 6.45) is 18.6. The topological polar surface area (TPSA) is 150 Å². The minimum atomic E-state index is -3.92. The van der Waals surface area contributed by atoms with Gasteiger partial charge in [0.15, 0.2) is 11.3 Å². The van der Waals surface area contributed by atoms with E-state index in [2.05, 4.69) is 113 Å². The minimum absolute atomic E-state index is 0.207. The van der Waals surface area contributed by atoms with Gasteiger partial charge >= 0.3 is 0 Å². The maximum atomic E-state index is 14.0. The molecule has 11 aromatic rings. The van der Waals surface area contributed by atoms with Crippen LogP contribution in [0.4, 0.5) is 0 Å². The number of nitrogens with one attached hydrogen (secondary N) is 1. The second-order valence-corrected chi connectivity index (χ2v) is 33.2. The third-order valence-corrected chi connectivity index (χ3v) is 25.3. The van der Waals surface area contributed by atoms with Gasteiger partial charge in [-0.1, -0.05) is 212 Å². The average Bonchev–Trinajstić information content (AvgIpc) is 2.03. The SMILES string of the molecule is CC(C)[SiH](C(C)C)C(C)C.CCCCSc1cnc2c(c1)c(-c1cn[nH]c1)cn2S(=O)(=O)c1ccccc1.CCCCSc1cnc2c(c1)c(-c1cnn(C(c3ccccc3)(c3ccccc3)c3ccccc3)c1)cn2S(=O)(=O)c1ccccc1. The smallest absolute Gasteiger partial charge is 0.269 e. The molecule has 5 aromatic carbocycles. The molecule has 0 spiro atoms. The molecule has 0 atom stereocenters. The largest absolute Gasteiger partial charge is 0.285 e. The molecule has 440 valence electrons. The highest BCUT2D eigenvalue weighted by molar-refractivity contribution is 7.99. The molecule has 0 saturated carbocycles. The van der Waals surface area contributed by atoms with Gasteiger partial charge in [0.05, 0.1) is 22.2 Å². The summed E-state index contributed by atoms with van der Waals surface area (Å²) >= 11 is 3.47. The van der Waals surface area contributed by atoms with Crippen LogP contribution < -0.4 is 0 Å². The summed E-state index contributed by atoms with van der Waals surface area (Å²) < 4.78 is 59.0. The lowest BCUT2D eigenvalue weighted by Crippen LogP contribution is -2.38. The lowest BCUT2D eigenvalue weighted by molar-refractivity contribution is 0.460. The molecular formula is C68H76N8O4S4Si. The summed E-state index contributed by atoms with van der Waals surface area (Å²) in [6, 6.07) is 52.1. The maximum absolute atomic E-state index is 14.0. The highest BCUT2D eigenvalue weighted by atomic mass is 32.2. The molecule has 0 saturated heterocycles. The number of hydrogen-bond acceptors (Lipinski definition) is 10. The number of benzene rings is 5. The molecule has 6 heterocycles. The van der Waals surface area contributed by atoms with Crippen molar-refractivity contribution in [1.82, 2.24) is 37.9 Å². The second-order valence-electron chi connectivity index (χ2n) is 22.1. The first-order chi connectivity index (χ1) is 41.1. The van der Waals surface area contributed by atoms with Crippen molar-refractivity contribution >= 4 is 74.4 Å². The average molecular weight is 1230 g/mol. The van der Waals surface area contributed by atoms with Gasteiger partial charge in [0.25, 0.3) is 20.0 Å². The van der Waals surface area contributed by atoms with Crippen molar-refractivity contribution < 1.29 is 16.8 Å². The van der Waals surface area contributed by atoms with E-state index >= 15 is 0 Å². The Bertz CT molecular complexity index is 4010. The molecule has 0 unspecified atom stereocenters. The van der Waals surface area contributed by atoms with Crippen LogP contribution in [0.5, 0.6) is 0 Å². The monoisotopic (exact) mass is 1220 g/mol. The van der Waals surface area contributed by atoms with Crippen molar-refractivity contribution in [3.05, 3.63) is 230 Å². The number of aromatic amines is 1. The summed E-state index contributed by atoms with van der Waals surface area (Å²) in [6.45, 7) is 18.6. The molecule has 12 nitrogen and oxygen atoms in total. The van der Waals surface area contributed by atoms with E-state index in [-0.39, 0.29) is 9.79 Å². The Hall–Kier alpha value is -7.28. The standard InChI is InChI=1S/C39H34N4O2S2.C20H20N4O2S2.C9H22Si/c1-2-3-24-46-34-25-36-37(29-42(38(36)40-27-34)47(44,45)35-22-14-7-15-23-35)30-26-41-43(28-30)39(31-16-8-4-9-17-31,32-18-10-5-11-19-32)33-20-12-6-13-21-33;1-2-3-9-27-16-10-18-19(15-11-22-23-12-15)14-24(20(18)21-13-16)28(25,26)17-7-5-4-6-8-17;1-7(2)10(8(3)4)9(5)6/h4-23,25-29H,2-3,24H2,1H3;4-8,10-14H,2-3,9H2,1H3,(H,22,23);7-10H,1-6H3. The summed E-state index contributed by atoms with van der Waals surface area (Å²) in [5.41, 5.74) is 9.24. The summed E-state index contributed by atoms with van der Waals surface area (Å²) in [4.78, 5) is 11.7. The third kappa shape index (κ3) is 13.7. The highest BCUT2D eigenvalue weighted by Crippen LogP contribution is 2.43. The molecule has 0 radical (unpaired) electrons. The molecule has 17 heteroatoms. The third-order valence-electron chi connectivity index (χ3n) is 15.2. The predicted octanol–water partition coefficient (Wildman–Crippen LogP) is 16.9. The first-order valence-electron chi connectivity index (χ1n) is 29.2. The number of hydrogen-bond donors (Lipinski definition) is 1. The Kier molecular flexibility index (Phi) is 20.7. The first-order valence-corrected chi connectivity index (χ1v) is 36.1. The maximum Gasteiger partial charge on any atom is 0.269 e. The van der Waals surface area contributed by atoms with E-state index in [0.717, 1.165) is 113 Å². The minimum Gasteiger partial charge on any atom is -0.285 e. The van der Waals surface area contributed by atoms with Gasteiger partial charge in [0.2, 0.25) is 0 Å². The van der Waals surface area contributed by atoms with E-state index < -0.39 is 34.4 Å². The molecule has 6 aromatic heterocycles. The molecule has 0 aliphatic carbocycles. The fraction of sp³-hybridized carbons (Fsp3) is 0.265. The van der Waals surface area contributed by atoms with Crippen LogP contribution in [-0.2, 0) is 25.6 Å². The number of pyridine rings is 2. The van der Waals surface area contributed by atoms with Gasteiger partial charge in [-0.2, -0.15) is 10.2 Å². The van der Waals surface area contributed by atoms with E-state index in [9.17, 15) is 16.8 Å². The second kappa shape index (κ2) is 28.3. The zero-order valence-corrected chi connectivity index (χ0v) is 54.1. The van der Waals surface area contributed by atoms with Crippen molar-refractivity contribution in [2.75, 3.05) is 11.5 Å². The number of rotatable bonds is 21. The Morgan fingerprint density at radius 1 is 0.506 bits per heavy atom. The van der Waals surface area contributed by atoms with Crippen molar-refractivity contribution in [3.63, 3.8) is 0 Å². The zero-order valence-electron chi connectivity index (χ0n) is 49.7. The number of aromatic nitrogens is 8. The quantitative estimate of drug-likeness (QED) is 0.0319. The van der Waals surface area contributed by atoms with E-state index in [1.165, 1.54) is 7.94 Å². The van der Waals surface area contributed by atoms with E-state index in [0.29, 0.717) is 11.3 Å². The van der Waals surface area contributed by atoms with E-state index in [4.69, 9.17) is 10.1 Å². The van der Waals surface area contributed by atoms with Crippen LogP contribution in [-0.4, -0.2) is 75.0 Å². The molecule has 0 aliphatic rings. The predicted molar refractivity (Wildman–Crippen MR) is 355 cm³/mol. The number of fused-ring (bicyclic) bond motifs is 2. The van der Waals surface area contributed by atoms with Crippen LogP contribution >= 0.6 is 23.5 Å². The highest BCUT2D eigenvalue weighted by Gasteiger charge is 2.40. The van der Waals surface area contributed by atoms with Crippen LogP contribution in [0.3, 0.4) is 0 Å². The van der Waals surface area contributed by atoms with Gasteiger partial charge in [-0.15, -0.1) is 23.5 Å². The van der Waals surface area contributed by atoms with Crippen LogP contribution in [0.25, 0.3) is 44.3 Å². The summed E-state index contributed by atoms with van der Waals surface area (Å²) in [5.74, 6) is 1.97. The molecule has 0 fully saturated rings. The Morgan fingerprint density at radius 2 is 0.894 bits per heavy atom. The van der Waals surface area contributed by atoms with Gasteiger partial charge in [0.1, 0.15) is 5.54 Å². The van der Waals surface area contributed by atoms with Gasteiger partial charge < -0.3 is 0 Å². The molecule has 11 rings (SSSR count). The molecule has 85 heavy (non-hydrogen) atoms. The van der Waals surface area contributed by atoms with Gasteiger partial charge in [0, 0.05) is 88.8 Å². The number of H-pyrrole nitrogens is 1. The van der Waals surface area contributed by atoms with Gasteiger partial charge in [-0.05, 0) is 77.4 Å². The number of unbranched alkanes of at least 4 members (excludes halogenated alkanes) is 2. The molecule has 1 N–H and O–H groups in total. The molecule has 0 bridgehead atoms. The zero-order chi connectivity index (χ0) is 60.1. The van der Waals surface area contributed by atoms with Crippen molar-refractivity contribution in [2.24, 2.45) is 0 Å². The molecule has 0 amide bonds. The Labute approximate surface area is 512 Å². The lowest BCUT2D eigenvalue weighted by atomic mass is 9.77. The fourth-order valence-electron chi connectivity index (χ4n) is 11.5. The van der Waals surface area contributed by atoms with Gasteiger partial charge in [-0.3, -0.25) is 9.78 Å². The Balaban J connectivity index is 0.000000191. The Morgan fingerprint density at radius 3 is 1.25 bits per heavy atom. The normalized spacial score (nSPS) is 12.0. The molecule has 0 aliphatic heterocycles. The van der Waals surface area contributed by atoms with Crippen molar-refractivity contribution in [3.8, 4) is 22.3 Å². The number of thioether (sulfide) groups is 2. The van der Waals surface area contributed by atoms with Crippen LogP contribution in [0, 0.1) is 0 Å².